The minimum Gasteiger partial charge on any atom is -0.358 e. The zero-order chi connectivity index (χ0) is 16.5. The van der Waals surface area contributed by atoms with Gasteiger partial charge in [-0.3, -0.25) is 9.59 Å². The molecule has 1 atom stereocenters. The van der Waals surface area contributed by atoms with Crippen molar-refractivity contribution in [3.05, 3.63) is 23.8 Å². The van der Waals surface area contributed by atoms with Crippen LogP contribution in [-0.2, 0) is 4.79 Å². The van der Waals surface area contributed by atoms with Crippen LogP contribution in [0.2, 0.25) is 0 Å². The number of fused-ring (bicyclic) bond motifs is 3. The number of hydrogen-bond donors (Lipinski definition) is 2. The smallest absolute Gasteiger partial charge is 0.251 e. The van der Waals surface area contributed by atoms with Gasteiger partial charge in [0.2, 0.25) is 5.91 Å². The number of hydrogen-bond acceptors (Lipinski definition) is 3. The molecule has 24 heavy (non-hydrogen) atoms. The van der Waals surface area contributed by atoms with E-state index >= 15 is 0 Å². The zero-order valence-electron chi connectivity index (χ0n) is 14.0. The predicted molar refractivity (Wildman–Crippen MR) is 94.4 cm³/mol. The number of benzene rings is 1. The summed E-state index contributed by atoms with van der Waals surface area (Å²) in [5.41, 5.74) is 2.45. The molecule has 0 bridgehead atoms. The van der Waals surface area contributed by atoms with Crippen molar-refractivity contribution in [2.75, 3.05) is 16.8 Å². The second-order valence-electron chi connectivity index (χ2n) is 7.23. The molecule has 1 unspecified atom stereocenters. The maximum Gasteiger partial charge on any atom is 0.251 e. The Balaban J connectivity index is 1.51. The van der Waals surface area contributed by atoms with Gasteiger partial charge >= 0.3 is 0 Å². The molecule has 2 amide bonds. The Morgan fingerprint density at radius 1 is 1.08 bits per heavy atom. The van der Waals surface area contributed by atoms with Gasteiger partial charge in [0.1, 0.15) is 6.04 Å². The van der Waals surface area contributed by atoms with Crippen molar-refractivity contribution in [1.82, 2.24) is 5.32 Å². The number of amides is 2. The molecule has 1 aromatic carbocycles. The maximum atomic E-state index is 12.6. The van der Waals surface area contributed by atoms with Gasteiger partial charge < -0.3 is 15.5 Å². The van der Waals surface area contributed by atoms with Crippen LogP contribution in [0.3, 0.4) is 0 Å². The summed E-state index contributed by atoms with van der Waals surface area (Å²) < 4.78 is 0. The Bertz CT molecular complexity index is 650. The molecule has 4 rings (SSSR count). The van der Waals surface area contributed by atoms with Crippen LogP contribution in [-0.4, -0.2) is 30.4 Å². The van der Waals surface area contributed by atoms with Crippen molar-refractivity contribution >= 4 is 23.2 Å². The van der Waals surface area contributed by atoms with E-state index in [1.165, 1.54) is 25.7 Å². The van der Waals surface area contributed by atoms with Crippen LogP contribution in [0.1, 0.15) is 61.7 Å². The average Bonchev–Trinajstić information content (AvgIpc) is 2.94. The molecular weight excluding hydrogens is 302 g/mol. The molecule has 5 heteroatoms. The van der Waals surface area contributed by atoms with Crippen LogP contribution in [0, 0.1) is 0 Å². The molecule has 1 saturated heterocycles. The second kappa shape index (κ2) is 6.46. The van der Waals surface area contributed by atoms with E-state index in [9.17, 15) is 9.59 Å². The molecule has 3 aliphatic rings. The third kappa shape index (κ3) is 2.87. The van der Waals surface area contributed by atoms with E-state index in [0.29, 0.717) is 5.56 Å². The normalized spacial score (nSPS) is 23.9. The molecule has 1 aromatic rings. The zero-order valence-corrected chi connectivity index (χ0v) is 14.0. The fraction of sp³-hybridized carbons (Fsp3) is 0.579. The van der Waals surface area contributed by atoms with Gasteiger partial charge in [-0.1, -0.05) is 25.7 Å². The fourth-order valence-electron chi connectivity index (χ4n) is 4.26. The maximum absolute atomic E-state index is 12.6. The first-order valence-corrected chi connectivity index (χ1v) is 9.25. The van der Waals surface area contributed by atoms with E-state index in [1.807, 2.05) is 18.2 Å². The average molecular weight is 327 g/mol. The SMILES string of the molecule is O=C(NC1CCCCCC1)c1ccc2c(c1)NC(=O)C1CCCN21. The molecule has 1 saturated carbocycles. The second-order valence-corrected chi connectivity index (χ2v) is 7.23. The van der Waals surface area contributed by atoms with Crippen molar-refractivity contribution in [3.8, 4) is 0 Å². The lowest BCUT2D eigenvalue weighted by Crippen LogP contribution is -2.44. The molecule has 0 spiro atoms. The quantitative estimate of drug-likeness (QED) is 0.821. The van der Waals surface area contributed by atoms with Crippen LogP contribution in [0.15, 0.2) is 18.2 Å². The molecule has 1 aliphatic carbocycles. The van der Waals surface area contributed by atoms with Crippen molar-refractivity contribution in [3.63, 3.8) is 0 Å². The van der Waals surface area contributed by atoms with Gasteiger partial charge in [0.05, 0.1) is 11.4 Å². The lowest BCUT2D eigenvalue weighted by atomic mass is 10.1. The van der Waals surface area contributed by atoms with Crippen LogP contribution in [0.5, 0.6) is 0 Å². The van der Waals surface area contributed by atoms with Crippen molar-refractivity contribution in [1.29, 1.82) is 0 Å². The highest BCUT2D eigenvalue weighted by molar-refractivity contribution is 6.06. The molecular formula is C19H25N3O2. The number of nitrogens with zero attached hydrogens (tertiary/aromatic N) is 1. The highest BCUT2D eigenvalue weighted by Crippen LogP contribution is 2.37. The third-order valence-corrected chi connectivity index (χ3v) is 5.57. The first-order chi connectivity index (χ1) is 11.7. The highest BCUT2D eigenvalue weighted by Gasteiger charge is 2.36. The Kier molecular flexibility index (Phi) is 4.17. The van der Waals surface area contributed by atoms with Crippen LogP contribution in [0.4, 0.5) is 11.4 Å². The number of anilines is 2. The van der Waals surface area contributed by atoms with Crippen molar-refractivity contribution in [2.45, 2.75) is 63.5 Å². The lowest BCUT2D eigenvalue weighted by Gasteiger charge is -2.33. The predicted octanol–water partition coefficient (Wildman–Crippen LogP) is 3.06. The van der Waals surface area contributed by atoms with E-state index < -0.39 is 0 Å². The van der Waals surface area contributed by atoms with Crippen molar-refractivity contribution < 1.29 is 9.59 Å². The number of rotatable bonds is 2. The van der Waals surface area contributed by atoms with E-state index in [-0.39, 0.29) is 23.9 Å². The molecule has 5 nitrogen and oxygen atoms in total. The Morgan fingerprint density at radius 3 is 2.67 bits per heavy atom. The number of nitrogens with one attached hydrogen (secondary N) is 2. The lowest BCUT2D eigenvalue weighted by molar-refractivity contribution is -0.117. The summed E-state index contributed by atoms with van der Waals surface area (Å²) in [5.74, 6) is 0.0313. The Labute approximate surface area is 142 Å². The molecule has 128 valence electrons. The van der Waals surface area contributed by atoms with Crippen LogP contribution < -0.4 is 15.5 Å². The molecule has 0 radical (unpaired) electrons. The summed E-state index contributed by atoms with van der Waals surface area (Å²) in [5, 5.41) is 6.15. The van der Waals surface area contributed by atoms with E-state index in [4.69, 9.17) is 0 Å². The summed E-state index contributed by atoms with van der Waals surface area (Å²) in [6, 6.07) is 5.94. The summed E-state index contributed by atoms with van der Waals surface area (Å²) in [4.78, 5) is 27.0. The fourth-order valence-corrected chi connectivity index (χ4v) is 4.26. The minimum atomic E-state index is -0.0387. The molecule has 2 heterocycles. The summed E-state index contributed by atoms with van der Waals surface area (Å²) in [7, 11) is 0. The monoisotopic (exact) mass is 327 g/mol. The largest absolute Gasteiger partial charge is 0.358 e. The summed E-state index contributed by atoms with van der Waals surface area (Å²) >= 11 is 0. The van der Waals surface area contributed by atoms with E-state index in [2.05, 4.69) is 15.5 Å². The van der Waals surface area contributed by atoms with E-state index in [0.717, 1.165) is 43.6 Å². The van der Waals surface area contributed by atoms with Gasteiger partial charge in [0.25, 0.3) is 5.91 Å². The summed E-state index contributed by atoms with van der Waals surface area (Å²) in [6.45, 7) is 0.915. The first-order valence-electron chi connectivity index (χ1n) is 9.25. The highest BCUT2D eigenvalue weighted by atomic mass is 16.2. The van der Waals surface area contributed by atoms with Gasteiger partial charge in [-0.25, -0.2) is 0 Å². The minimum absolute atomic E-state index is 0.0255. The van der Waals surface area contributed by atoms with E-state index in [1.54, 1.807) is 0 Å². The molecule has 0 aromatic heterocycles. The Hall–Kier alpha value is -2.04. The number of carbonyl (C=O) groups excluding carboxylic acids is 2. The van der Waals surface area contributed by atoms with Gasteiger partial charge in [0, 0.05) is 18.2 Å². The van der Waals surface area contributed by atoms with Gasteiger partial charge in [-0.05, 0) is 43.9 Å². The first kappa shape index (κ1) is 15.5. The molecule has 2 fully saturated rings. The van der Waals surface area contributed by atoms with Crippen LogP contribution >= 0.6 is 0 Å². The van der Waals surface area contributed by atoms with Gasteiger partial charge in [-0.2, -0.15) is 0 Å². The third-order valence-electron chi connectivity index (χ3n) is 5.57. The topological polar surface area (TPSA) is 61.4 Å². The van der Waals surface area contributed by atoms with Gasteiger partial charge in [0.15, 0.2) is 0 Å². The van der Waals surface area contributed by atoms with Crippen LogP contribution in [0.25, 0.3) is 0 Å². The van der Waals surface area contributed by atoms with Crippen molar-refractivity contribution in [2.24, 2.45) is 0 Å². The Morgan fingerprint density at radius 2 is 1.88 bits per heavy atom. The molecule has 2 N–H and O–H groups in total. The van der Waals surface area contributed by atoms with Gasteiger partial charge in [-0.15, -0.1) is 0 Å². The molecule has 2 aliphatic heterocycles. The standard InChI is InChI=1S/C19H25N3O2/c23-18(20-14-6-3-1-2-4-7-14)13-9-10-16-15(12-13)21-19(24)17-8-5-11-22(16)17/h9-10,12,14,17H,1-8,11H2,(H,20,23)(H,21,24). The summed E-state index contributed by atoms with van der Waals surface area (Å²) in [6.07, 6.45) is 9.04. The number of carbonyl (C=O) groups is 2.